The largest absolute Gasteiger partial charge is 0.355 e. The number of para-hydroxylation sites is 1. The van der Waals surface area contributed by atoms with Gasteiger partial charge < -0.3 is 10.2 Å². The summed E-state index contributed by atoms with van der Waals surface area (Å²) in [5.41, 5.74) is 1.89. The summed E-state index contributed by atoms with van der Waals surface area (Å²) >= 11 is 0. The first kappa shape index (κ1) is 19.5. The van der Waals surface area contributed by atoms with Gasteiger partial charge in [0.05, 0.1) is 17.5 Å². The van der Waals surface area contributed by atoms with Gasteiger partial charge in [0.15, 0.2) is 0 Å². The van der Waals surface area contributed by atoms with Crippen molar-refractivity contribution in [1.29, 1.82) is 0 Å². The van der Waals surface area contributed by atoms with Crippen LogP contribution in [0.25, 0.3) is 0 Å². The van der Waals surface area contributed by atoms with Crippen LogP contribution in [-0.4, -0.2) is 45.5 Å². The molecule has 8 heteroatoms. The number of anilines is 1. The van der Waals surface area contributed by atoms with Crippen molar-refractivity contribution in [2.75, 3.05) is 25.1 Å². The molecule has 0 radical (unpaired) electrons. The fourth-order valence-corrected chi connectivity index (χ4v) is 2.99. The molecule has 0 aromatic heterocycles. The van der Waals surface area contributed by atoms with Gasteiger partial charge in [0.1, 0.15) is 0 Å². The highest BCUT2D eigenvalue weighted by molar-refractivity contribution is 7.92. The zero-order valence-electron chi connectivity index (χ0n) is 14.8. The first-order valence-electron chi connectivity index (χ1n) is 7.84. The predicted molar refractivity (Wildman–Crippen MR) is 101 cm³/mol. The summed E-state index contributed by atoms with van der Waals surface area (Å²) in [5, 5.41) is 2.55. The van der Waals surface area contributed by atoms with E-state index in [4.69, 9.17) is 0 Å². The van der Waals surface area contributed by atoms with Crippen LogP contribution >= 0.6 is 0 Å². The smallest absolute Gasteiger partial charge is 0.256 e. The van der Waals surface area contributed by atoms with E-state index in [-0.39, 0.29) is 23.1 Å². The molecule has 0 unspecified atom stereocenters. The van der Waals surface area contributed by atoms with Crippen LogP contribution in [0.5, 0.6) is 0 Å². The number of rotatable bonds is 6. The third kappa shape index (κ3) is 5.06. The Bertz CT molecular complexity index is 908. The predicted octanol–water partition coefficient (Wildman–Crippen LogP) is 1.69. The Morgan fingerprint density at radius 1 is 1.04 bits per heavy atom. The van der Waals surface area contributed by atoms with Gasteiger partial charge in [0, 0.05) is 26.2 Å². The van der Waals surface area contributed by atoms with Gasteiger partial charge in [0.2, 0.25) is 10.0 Å². The fraction of sp³-hybridized carbons (Fsp3) is 0.222. The lowest BCUT2D eigenvalue weighted by Crippen LogP contribution is -2.27. The minimum absolute atomic E-state index is 0.179. The van der Waals surface area contributed by atoms with Crippen LogP contribution in [0.3, 0.4) is 0 Å². The highest BCUT2D eigenvalue weighted by atomic mass is 32.2. The molecule has 2 aromatic rings. The second kappa shape index (κ2) is 8.01. The van der Waals surface area contributed by atoms with Gasteiger partial charge in [-0.2, -0.15) is 0 Å². The lowest BCUT2D eigenvalue weighted by atomic mass is 10.1. The summed E-state index contributed by atoms with van der Waals surface area (Å²) in [4.78, 5) is 25.7. The molecule has 0 spiro atoms. The first-order valence-corrected chi connectivity index (χ1v) is 9.73. The Kier molecular flexibility index (Phi) is 5.99. The number of nitrogens with zero attached hydrogens (tertiary/aromatic N) is 1. The summed E-state index contributed by atoms with van der Waals surface area (Å²) in [7, 11) is -0.301. The van der Waals surface area contributed by atoms with Gasteiger partial charge in [-0.3, -0.25) is 14.3 Å². The molecule has 0 heterocycles. The Morgan fingerprint density at radius 3 is 2.23 bits per heavy atom. The van der Waals surface area contributed by atoms with Crippen molar-refractivity contribution in [3.8, 4) is 0 Å². The van der Waals surface area contributed by atoms with Gasteiger partial charge >= 0.3 is 0 Å². The number of sulfonamides is 1. The van der Waals surface area contributed by atoms with Gasteiger partial charge in [-0.05, 0) is 29.8 Å². The zero-order valence-corrected chi connectivity index (χ0v) is 15.6. The molecule has 0 aliphatic heterocycles. The summed E-state index contributed by atoms with van der Waals surface area (Å²) in [6.45, 7) is 0.320. The molecule has 2 amide bonds. The normalized spacial score (nSPS) is 10.9. The van der Waals surface area contributed by atoms with Crippen LogP contribution in [-0.2, 0) is 16.6 Å². The van der Waals surface area contributed by atoms with E-state index >= 15 is 0 Å². The van der Waals surface area contributed by atoms with Crippen LogP contribution in [0.1, 0.15) is 26.3 Å². The standard InChI is InChI=1S/C18H21N3O4S/c1-19-17(22)14-10-8-13(9-11-14)12-21(2)18(23)15-6-4-5-7-16(15)20-26(3,24)25/h4-11,20H,12H2,1-3H3,(H,19,22). The second-order valence-corrected chi connectivity index (χ2v) is 7.61. The molecule has 0 saturated carbocycles. The number of hydrogen-bond acceptors (Lipinski definition) is 4. The Hall–Kier alpha value is -2.87. The maximum Gasteiger partial charge on any atom is 0.256 e. The van der Waals surface area contributed by atoms with E-state index in [9.17, 15) is 18.0 Å². The van der Waals surface area contributed by atoms with E-state index in [0.29, 0.717) is 12.1 Å². The number of carbonyl (C=O) groups excluding carboxylic acids is 2. The van der Waals surface area contributed by atoms with E-state index in [1.807, 2.05) is 0 Å². The van der Waals surface area contributed by atoms with E-state index in [1.54, 1.807) is 62.6 Å². The van der Waals surface area contributed by atoms with Crippen LogP contribution < -0.4 is 10.0 Å². The van der Waals surface area contributed by atoms with E-state index in [1.165, 1.54) is 4.90 Å². The highest BCUT2D eigenvalue weighted by Crippen LogP contribution is 2.19. The molecule has 2 rings (SSSR count). The molecule has 2 N–H and O–H groups in total. The third-order valence-electron chi connectivity index (χ3n) is 3.66. The van der Waals surface area contributed by atoms with Crippen LogP contribution in [0.4, 0.5) is 5.69 Å². The number of carbonyl (C=O) groups is 2. The summed E-state index contributed by atoms with van der Waals surface area (Å²) in [5.74, 6) is -0.492. The molecule has 0 fully saturated rings. The van der Waals surface area contributed by atoms with Crippen molar-refractivity contribution < 1.29 is 18.0 Å². The van der Waals surface area contributed by atoms with E-state index in [2.05, 4.69) is 10.0 Å². The van der Waals surface area contributed by atoms with Crippen LogP contribution in [0.15, 0.2) is 48.5 Å². The molecule has 0 atom stereocenters. The van der Waals surface area contributed by atoms with Gasteiger partial charge in [-0.1, -0.05) is 24.3 Å². The molecule has 0 saturated heterocycles. The molecule has 0 bridgehead atoms. The molecule has 0 aliphatic rings. The van der Waals surface area contributed by atoms with E-state index in [0.717, 1.165) is 11.8 Å². The molecular formula is C18H21N3O4S. The van der Waals surface area contributed by atoms with Crippen molar-refractivity contribution in [2.24, 2.45) is 0 Å². The lowest BCUT2D eigenvalue weighted by Gasteiger charge is -2.19. The van der Waals surface area contributed by atoms with Crippen LogP contribution in [0.2, 0.25) is 0 Å². The minimum atomic E-state index is -3.49. The number of amides is 2. The fourth-order valence-electron chi connectivity index (χ4n) is 2.42. The summed E-state index contributed by atoms with van der Waals surface area (Å²) < 4.78 is 25.3. The maximum atomic E-state index is 12.7. The monoisotopic (exact) mass is 375 g/mol. The number of benzene rings is 2. The van der Waals surface area contributed by atoms with Gasteiger partial charge in [-0.15, -0.1) is 0 Å². The third-order valence-corrected chi connectivity index (χ3v) is 4.25. The maximum absolute atomic E-state index is 12.7. The van der Waals surface area contributed by atoms with Crippen molar-refractivity contribution in [1.82, 2.24) is 10.2 Å². The average Bonchev–Trinajstić information content (AvgIpc) is 2.60. The number of nitrogens with one attached hydrogen (secondary N) is 2. The molecule has 7 nitrogen and oxygen atoms in total. The number of hydrogen-bond donors (Lipinski definition) is 2. The highest BCUT2D eigenvalue weighted by Gasteiger charge is 2.17. The van der Waals surface area contributed by atoms with E-state index < -0.39 is 10.0 Å². The molecule has 26 heavy (non-hydrogen) atoms. The van der Waals surface area contributed by atoms with Crippen molar-refractivity contribution in [3.05, 3.63) is 65.2 Å². The lowest BCUT2D eigenvalue weighted by molar-refractivity contribution is 0.0785. The second-order valence-electron chi connectivity index (χ2n) is 5.86. The summed E-state index contributed by atoms with van der Waals surface area (Å²) in [6, 6.07) is 13.4. The van der Waals surface area contributed by atoms with Gasteiger partial charge in [-0.25, -0.2) is 8.42 Å². The van der Waals surface area contributed by atoms with Crippen molar-refractivity contribution in [2.45, 2.75) is 6.54 Å². The SMILES string of the molecule is CNC(=O)c1ccc(CN(C)C(=O)c2ccccc2NS(C)(=O)=O)cc1. The first-order chi connectivity index (χ1) is 12.2. The molecule has 0 aliphatic carbocycles. The van der Waals surface area contributed by atoms with Crippen molar-refractivity contribution in [3.63, 3.8) is 0 Å². The quantitative estimate of drug-likeness (QED) is 0.803. The minimum Gasteiger partial charge on any atom is -0.355 e. The van der Waals surface area contributed by atoms with Crippen molar-refractivity contribution >= 4 is 27.5 Å². The topological polar surface area (TPSA) is 95.6 Å². The Balaban J connectivity index is 2.16. The Morgan fingerprint density at radius 2 is 1.65 bits per heavy atom. The average molecular weight is 375 g/mol. The zero-order chi connectivity index (χ0) is 19.3. The summed E-state index contributed by atoms with van der Waals surface area (Å²) in [6.07, 6.45) is 1.03. The Labute approximate surface area is 153 Å². The molecular weight excluding hydrogens is 354 g/mol. The van der Waals surface area contributed by atoms with Gasteiger partial charge in [0.25, 0.3) is 11.8 Å². The molecule has 2 aromatic carbocycles. The van der Waals surface area contributed by atoms with Crippen LogP contribution in [0, 0.1) is 0 Å². The molecule has 138 valence electrons.